The summed E-state index contributed by atoms with van der Waals surface area (Å²) in [7, 11) is 0. The van der Waals surface area contributed by atoms with Crippen LogP contribution in [0.2, 0.25) is 5.02 Å². The molecule has 0 spiro atoms. The number of carboxylic acid groups (broad SMARTS) is 1. The average molecular weight is 268 g/mol. The van der Waals surface area contributed by atoms with Crippen LogP contribution in [-0.2, 0) is 0 Å². The maximum absolute atomic E-state index is 11.3. The van der Waals surface area contributed by atoms with Crippen molar-refractivity contribution in [1.82, 2.24) is 0 Å². The molecule has 0 aliphatic carbocycles. The van der Waals surface area contributed by atoms with Crippen molar-refractivity contribution in [2.75, 3.05) is 18.0 Å². The van der Waals surface area contributed by atoms with E-state index in [0.717, 1.165) is 18.8 Å². The molecule has 1 heterocycles. The van der Waals surface area contributed by atoms with Crippen molar-refractivity contribution in [2.45, 2.75) is 20.3 Å². The average Bonchev–Trinajstić information content (AvgIpc) is 2.27. The molecule has 98 valence electrons. The van der Waals surface area contributed by atoms with E-state index in [0.29, 0.717) is 22.4 Å². The summed E-state index contributed by atoms with van der Waals surface area (Å²) in [5.74, 6) is 0.260. The monoisotopic (exact) mass is 267 g/mol. The van der Waals surface area contributed by atoms with Crippen molar-refractivity contribution < 1.29 is 9.90 Å². The number of halogens is 1. The Morgan fingerprint density at radius 1 is 1.33 bits per heavy atom. The lowest BCUT2D eigenvalue weighted by Gasteiger charge is -2.37. The Hall–Kier alpha value is -1.22. The van der Waals surface area contributed by atoms with E-state index in [9.17, 15) is 9.90 Å². The van der Waals surface area contributed by atoms with Gasteiger partial charge in [-0.1, -0.05) is 25.4 Å². The summed E-state index contributed by atoms with van der Waals surface area (Å²) in [5, 5.41) is 9.73. The Balaban J connectivity index is 2.35. The second kappa shape index (κ2) is 5.19. The van der Waals surface area contributed by atoms with Crippen LogP contribution >= 0.6 is 11.6 Å². The van der Waals surface area contributed by atoms with Gasteiger partial charge in [-0.15, -0.1) is 0 Å². The van der Waals surface area contributed by atoms with Crippen molar-refractivity contribution in [2.24, 2.45) is 11.8 Å². The minimum absolute atomic E-state index is 0.295. The third-order valence-electron chi connectivity index (χ3n) is 3.40. The lowest BCUT2D eigenvalue weighted by atomic mass is 9.91. The van der Waals surface area contributed by atoms with Gasteiger partial charge in [-0.05, 0) is 36.5 Å². The zero-order chi connectivity index (χ0) is 13.3. The van der Waals surface area contributed by atoms with Gasteiger partial charge in [0.15, 0.2) is 0 Å². The van der Waals surface area contributed by atoms with E-state index < -0.39 is 5.97 Å². The van der Waals surface area contributed by atoms with Crippen LogP contribution in [0.25, 0.3) is 0 Å². The van der Waals surface area contributed by atoms with Crippen molar-refractivity contribution in [3.05, 3.63) is 28.8 Å². The highest BCUT2D eigenvalue weighted by atomic mass is 35.5. The lowest BCUT2D eigenvalue weighted by Crippen LogP contribution is -2.39. The summed E-state index contributed by atoms with van der Waals surface area (Å²) in [6.07, 6.45) is 1.20. The van der Waals surface area contributed by atoms with Crippen LogP contribution in [0.15, 0.2) is 18.2 Å². The summed E-state index contributed by atoms with van der Waals surface area (Å²) < 4.78 is 0. The van der Waals surface area contributed by atoms with Gasteiger partial charge < -0.3 is 10.0 Å². The molecule has 2 atom stereocenters. The van der Waals surface area contributed by atoms with Crippen LogP contribution in [-0.4, -0.2) is 24.2 Å². The van der Waals surface area contributed by atoms with Crippen LogP contribution in [0, 0.1) is 11.8 Å². The number of carbonyl (C=O) groups is 1. The summed E-state index contributed by atoms with van der Waals surface area (Å²) >= 11 is 5.88. The molecule has 0 radical (unpaired) electrons. The van der Waals surface area contributed by atoms with Gasteiger partial charge in [0.25, 0.3) is 0 Å². The molecule has 0 amide bonds. The number of benzene rings is 1. The number of aromatic carboxylic acids is 1. The van der Waals surface area contributed by atoms with E-state index >= 15 is 0 Å². The Morgan fingerprint density at radius 3 is 2.50 bits per heavy atom. The van der Waals surface area contributed by atoms with Crippen LogP contribution in [0.4, 0.5) is 5.69 Å². The summed E-state index contributed by atoms with van der Waals surface area (Å²) in [4.78, 5) is 13.5. The van der Waals surface area contributed by atoms with Gasteiger partial charge >= 0.3 is 5.97 Å². The largest absolute Gasteiger partial charge is 0.478 e. The molecule has 1 aliphatic heterocycles. The molecule has 1 aliphatic rings. The summed E-state index contributed by atoms with van der Waals surface area (Å²) in [5.41, 5.74) is 1.08. The highest BCUT2D eigenvalue weighted by Gasteiger charge is 2.25. The Labute approximate surface area is 112 Å². The number of carboxylic acids is 1. The second-order valence-corrected chi connectivity index (χ2v) is 5.75. The topological polar surface area (TPSA) is 40.5 Å². The van der Waals surface area contributed by atoms with Crippen LogP contribution in [0.1, 0.15) is 30.6 Å². The van der Waals surface area contributed by atoms with Crippen molar-refractivity contribution in [1.29, 1.82) is 0 Å². The maximum atomic E-state index is 11.3. The molecule has 1 aromatic carbocycles. The molecule has 0 saturated carbocycles. The molecule has 1 aromatic rings. The van der Waals surface area contributed by atoms with Crippen LogP contribution in [0.5, 0.6) is 0 Å². The quantitative estimate of drug-likeness (QED) is 0.891. The fourth-order valence-electron chi connectivity index (χ4n) is 2.81. The number of piperidine rings is 1. The van der Waals surface area contributed by atoms with Gasteiger partial charge in [0, 0.05) is 18.1 Å². The minimum Gasteiger partial charge on any atom is -0.478 e. The molecule has 1 saturated heterocycles. The lowest BCUT2D eigenvalue weighted by molar-refractivity contribution is 0.0697. The number of hydrogen-bond donors (Lipinski definition) is 1. The Bertz CT molecular complexity index is 451. The molecule has 2 rings (SSSR count). The van der Waals surface area contributed by atoms with Gasteiger partial charge in [-0.3, -0.25) is 0 Å². The van der Waals surface area contributed by atoms with Gasteiger partial charge in [0.05, 0.1) is 11.3 Å². The third-order valence-corrected chi connectivity index (χ3v) is 3.63. The zero-order valence-corrected chi connectivity index (χ0v) is 11.4. The number of nitrogens with zero attached hydrogens (tertiary/aromatic N) is 1. The van der Waals surface area contributed by atoms with E-state index in [1.807, 2.05) is 6.07 Å². The first-order valence-electron chi connectivity index (χ1n) is 6.25. The van der Waals surface area contributed by atoms with Gasteiger partial charge in [0.1, 0.15) is 0 Å². The molecular formula is C14H18ClNO2. The Kier molecular flexibility index (Phi) is 3.81. The first-order valence-corrected chi connectivity index (χ1v) is 6.63. The molecule has 1 N–H and O–H groups in total. The van der Waals surface area contributed by atoms with E-state index in [2.05, 4.69) is 18.7 Å². The fourth-order valence-corrected chi connectivity index (χ4v) is 2.99. The molecule has 0 unspecified atom stereocenters. The number of hydrogen-bond acceptors (Lipinski definition) is 2. The first kappa shape index (κ1) is 13.2. The van der Waals surface area contributed by atoms with Gasteiger partial charge in [-0.2, -0.15) is 0 Å². The molecule has 0 aromatic heterocycles. The standard InChI is InChI=1S/C14H18ClNO2/c1-9-5-10(2)8-16(7-9)13-4-3-11(15)6-12(13)14(17)18/h3-4,6,9-10H,5,7-8H2,1-2H3,(H,17,18)/t9-,10-/m0/s1. The van der Waals surface area contributed by atoms with Gasteiger partial charge in [-0.25, -0.2) is 4.79 Å². The summed E-state index contributed by atoms with van der Waals surface area (Å²) in [6, 6.07) is 5.10. The maximum Gasteiger partial charge on any atom is 0.337 e. The minimum atomic E-state index is -0.918. The predicted molar refractivity (Wildman–Crippen MR) is 73.6 cm³/mol. The zero-order valence-electron chi connectivity index (χ0n) is 10.7. The van der Waals surface area contributed by atoms with Crippen molar-refractivity contribution in [3.8, 4) is 0 Å². The smallest absolute Gasteiger partial charge is 0.337 e. The molecule has 3 nitrogen and oxygen atoms in total. The molecular weight excluding hydrogens is 250 g/mol. The van der Waals surface area contributed by atoms with E-state index in [1.165, 1.54) is 12.5 Å². The van der Waals surface area contributed by atoms with E-state index in [4.69, 9.17) is 11.6 Å². The van der Waals surface area contributed by atoms with E-state index in [-0.39, 0.29) is 0 Å². The number of rotatable bonds is 2. The SMILES string of the molecule is C[C@H]1C[C@H](C)CN(c2ccc(Cl)cc2C(=O)O)C1. The summed E-state index contributed by atoms with van der Waals surface area (Å²) in [6.45, 7) is 6.23. The fraction of sp³-hybridized carbons (Fsp3) is 0.500. The highest BCUT2D eigenvalue weighted by molar-refractivity contribution is 6.31. The second-order valence-electron chi connectivity index (χ2n) is 5.32. The van der Waals surface area contributed by atoms with Crippen molar-refractivity contribution >= 4 is 23.3 Å². The molecule has 18 heavy (non-hydrogen) atoms. The van der Waals surface area contributed by atoms with Crippen LogP contribution in [0.3, 0.4) is 0 Å². The normalized spacial score (nSPS) is 24.1. The molecule has 0 bridgehead atoms. The molecule has 1 fully saturated rings. The predicted octanol–water partition coefficient (Wildman–Crippen LogP) is 3.52. The third kappa shape index (κ3) is 2.78. The van der Waals surface area contributed by atoms with Crippen molar-refractivity contribution in [3.63, 3.8) is 0 Å². The van der Waals surface area contributed by atoms with Crippen LogP contribution < -0.4 is 4.90 Å². The first-order chi connectivity index (χ1) is 8.47. The Morgan fingerprint density at radius 2 is 1.94 bits per heavy atom. The molecule has 4 heteroatoms. The highest BCUT2D eigenvalue weighted by Crippen LogP contribution is 2.30. The number of anilines is 1. The van der Waals surface area contributed by atoms with Gasteiger partial charge in [0.2, 0.25) is 0 Å². The van der Waals surface area contributed by atoms with E-state index in [1.54, 1.807) is 6.07 Å².